The average molecular weight is 281 g/mol. The number of halogens is 2. The lowest BCUT2D eigenvalue weighted by Gasteiger charge is -2.03. The predicted octanol–water partition coefficient (Wildman–Crippen LogP) is 1.23. The molecule has 0 aliphatic heterocycles. The molecule has 2 rings (SSSR count). The van der Waals surface area contributed by atoms with Gasteiger partial charge in [-0.3, -0.25) is 10.1 Å². The highest BCUT2D eigenvalue weighted by atomic mass is 32.1. The maximum atomic E-state index is 12.3. The van der Waals surface area contributed by atoms with E-state index in [1.807, 2.05) is 0 Å². The molecule has 1 amide bonds. The van der Waals surface area contributed by atoms with Crippen molar-refractivity contribution in [2.24, 2.45) is 0 Å². The van der Waals surface area contributed by atoms with Crippen LogP contribution >= 0.6 is 11.5 Å². The van der Waals surface area contributed by atoms with Gasteiger partial charge in [-0.25, -0.2) is 8.78 Å². The Bertz CT molecular complexity index is 600. The highest BCUT2D eigenvalue weighted by Crippen LogP contribution is 2.20. The highest BCUT2D eigenvalue weighted by Gasteiger charge is 2.16. The number of hydrogen-bond acceptors (Lipinski definition) is 5. The Morgan fingerprint density at radius 2 is 2.16 bits per heavy atom. The second-order valence-electron chi connectivity index (χ2n) is 3.53. The third-order valence-corrected chi connectivity index (χ3v) is 2.70. The average Bonchev–Trinajstić information content (AvgIpc) is 2.76. The molecule has 2 N–H and O–H groups in total. The van der Waals surface area contributed by atoms with Gasteiger partial charge in [-0.15, -0.1) is 0 Å². The summed E-state index contributed by atoms with van der Waals surface area (Å²) >= 11 is 0.642. The number of nitrogens with one attached hydrogen (secondary N) is 1. The second kappa shape index (κ2) is 5.31. The Labute approximate surface area is 111 Å². The molecule has 0 unspecified atom stereocenters. The van der Waals surface area contributed by atoms with Gasteiger partial charge >= 0.3 is 0 Å². The summed E-state index contributed by atoms with van der Waals surface area (Å²) < 4.78 is 27.9. The van der Waals surface area contributed by atoms with Crippen LogP contribution in [0.25, 0.3) is 0 Å². The second-order valence-corrected chi connectivity index (χ2v) is 4.28. The number of hydrogen-bond donors (Lipinski definition) is 2. The fraction of sp³-hybridized carbons (Fsp3) is 0.100. The number of amides is 1. The van der Waals surface area contributed by atoms with Crippen molar-refractivity contribution < 1.29 is 18.7 Å². The molecule has 19 heavy (non-hydrogen) atoms. The Morgan fingerprint density at radius 3 is 2.74 bits per heavy atom. The number of rotatable bonds is 3. The number of alkyl halides is 2. The minimum atomic E-state index is -2.79. The zero-order valence-corrected chi connectivity index (χ0v) is 10.1. The largest absolute Gasteiger partial charge is 0.508 e. The highest BCUT2D eigenvalue weighted by molar-refractivity contribution is 7.09. The van der Waals surface area contributed by atoms with Crippen LogP contribution in [0.1, 0.15) is 22.6 Å². The van der Waals surface area contributed by atoms with E-state index in [9.17, 15) is 18.7 Å². The van der Waals surface area contributed by atoms with E-state index < -0.39 is 18.2 Å². The number of aromatic hydroxyl groups is 1. The lowest BCUT2D eigenvalue weighted by Crippen LogP contribution is -2.14. The summed E-state index contributed by atoms with van der Waals surface area (Å²) in [6.07, 6.45) is -2.79. The molecule has 0 saturated carbocycles. The van der Waals surface area contributed by atoms with Crippen molar-refractivity contribution in [3.63, 3.8) is 0 Å². The minimum Gasteiger partial charge on any atom is -0.508 e. The quantitative estimate of drug-likeness (QED) is 0.830. The van der Waals surface area contributed by atoms with Gasteiger partial charge in [0.2, 0.25) is 11.0 Å². The van der Waals surface area contributed by atoms with Crippen LogP contribution in [0.5, 0.6) is 5.75 Å². The third-order valence-electron chi connectivity index (χ3n) is 2.06. The molecule has 0 spiro atoms. The molecular weight excluding hydrogens is 275 g/mol. The molecule has 0 saturated heterocycles. The molecule has 0 aliphatic rings. The Morgan fingerprint density at radius 1 is 1.42 bits per heavy atom. The van der Waals surface area contributed by atoms with Crippen molar-refractivity contribution >= 4 is 35.9 Å². The van der Waals surface area contributed by atoms with Crippen molar-refractivity contribution in [1.82, 2.24) is 9.36 Å². The maximum absolute atomic E-state index is 12.3. The predicted molar refractivity (Wildman–Crippen MR) is 66.3 cm³/mol. The molecule has 0 bridgehead atoms. The van der Waals surface area contributed by atoms with Gasteiger partial charge in [0.05, 0.1) is 0 Å². The fourth-order valence-corrected chi connectivity index (χ4v) is 1.88. The van der Waals surface area contributed by atoms with Crippen LogP contribution in [0.3, 0.4) is 0 Å². The topological polar surface area (TPSA) is 75.1 Å². The molecule has 96 valence electrons. The van der Waals surface area contributed by atoms with Crippen molar-refractivity contribution in [2.45, 2.75) is 6.43 Å². The van der Waals surface area contributed by atoms with Gasteiger partial charge in [0.15, 0.2) is 0 Å². The van der Waals surface area contributed by atoms with Crippen LogP contribution in [-0.4, -0.2) is 28.2 Å². The van der Waals surface area contributed by atoms with E-state index >= 15 is 0 Å². The Kier molecular flexibility index (Phi) is 3.75. The van der Waals surface area contributed by atoms with E-state index in [-0.39, 0.29) is 21.9 Å². The molecule has 1 aromatic carbocycles. The van der Waals surface area contributed by atoms with E-state index in [1.165, 1.54) is 18.2 Å². The smallest absolute Gasteiger partial charge is 0.298 e. The first-order chi connectivity index (χ1) is 8.95. The summed E-state index contributed by atoms with van der Waals surface area (Å²) in [4.78, 5) is 15.2. The molecule has 5 nitrogen and oxygen atoms in total. The Balaban J connectivity index is 2.15. The van der Waals surface area contributed by atoms with Gasteiger partial charge in [-0.05, 0) is 12.1 Å². The number of phenols is 1. The summed E-state index contributed by atoms with van der Waals surface area (Å²) in [5.74, 6) is -1.44. The third kappa shape index (κ3) is 3.25. The molecule has 0 atom stereocenters. The first kappa shape index (κ1) is 13.4. The first-order valence-electron chi connectivity index (χ1n) is 4.98. The number of anilines is 1. The zero-order valence-electron chi connectivity index (χ0n) is 9.30. The van der Waals surface area contributed by atoms with Gasteiger partial charge in [-0.1, -0.05) is 11.5 Å². The monoisotopic (exact) mass is 281 g/mol. The molecule has 9 heteroatoms. The number of phenolic OH excluding ortho intramolecular Hbond substituents is 1. The first-order valence-corrected chi connectivity index (χ1v) is 5.75. The molecule has 2 radical (unpaired) electrons. The van der Waals surface area contributed by atoms with Crippen LogP contribution in [-0.2, 0) is 0 Å². The van der Waals surface area contributed by atoms with E-state index in [4.69, 9.17) is 7.85 Å². The van der Waals surface area contributed by atoms with Gasteiger partial charge in [-0.2, -0.15) is 9.36 Å². The molecular formula is C10H6BF2N3O2S. The molecule has 0 fully saturated rings. The van der Waals surface area contributed by atoms with Gasteiger partial charge in [0.25, 0.3) is 12.3 Å². The van der Waals surface area contributed by atoms with Crippen molar-refractivity contribution in [3.8, 4) is 5.75 Å². The number of benzene rings is 1. The number of carbonyl (C=O) groups is 1. The van der Waals surface area contributed by atoms with Crippen LogP contribution in [0.2, 0.25) is 0 Å². The molecule has 0 aliphatic carbocycles. The van der Waals surface area contributed by atoms with Crippen LogP contribution in [0.15, 0.2) is 18.2 Å². The summed E-state index contributed by atoms with van der Waals surface area (Å²) in [7, 11) is 5.47. The van der Waals surface area contributed by atoms with Crippen molar-refractivity contribution in [2.75, 3.05) is 5.32 Å². The van der Waals surface area contributed by atoms with Gasteiger partial charge < -0.3 is 5.11 Å². The molecule has 2 aromatic rings. The Hall–Kier alpha value is -2.03. The van der Waals surface area contributed by atoms with Gasteiger partial charge in [0.1, 0.15) is 13.6 Å². The number of aromatic nitrogens is 2. The lowest BCUT2D eigenvalue weighted by molar-refractivity contribution is 0.102. The van der Waals surface area contributed by atoms with Crippen LogP contribution in [0, 0.1) is 0 Å². The van der Waals surface area contributed by atoms with E-state index in [0.29, 0.717) is 11.5 Å². The van der Waals surface area contributed by atoms with Crippen LogP contribution in [0.4, 0.5) is 13.9 Å². The summed E-state index contributed by atoms with van der Waals surface area (Å²) in [5, 5.41) is 11.5. The summed E-state index contributed by atoms with van der Waals surface area (Å²) in [6, 6.07) is 3.81. The minimum absolute atomic E-state index is 0.0535. The number of nitrogens with zero attached hydrogens (tertiary/aromatic N) is 2. The molecule has 1 aromatic heterocycles. The number of carbonyl (C=O) groups excluding carboxylic acids is 1. The standard InChI is InChI=1S/C10H6BF2N3O2S/c11-5-1-4(2-6(17)3-5)9(18)15-10-14-8(7(12)13)16-19-10/h1-3,7,17H,(H,14,15,16,18). The maximum Gasteiger partial charge on any atom is 0.298 e. The SMILES string of the molecule is [B]c1cc(O)cc(C(=O)Nc2nc(C(F)F)ns2)c1. The fourth-order valence-electron chi connectivity index (χ4n) is 1.31. The van der Waals surface area contributed by atoms with Crippen LogP contribution < -0.4 is 10.8 Å². The zero-order chi connectivity index (χ0) is 14.0. The summed E-state index contributed by atoms with van der Waals surface area (Å²) in [5.41, 5.74) is 0.294. The van der Waals surface area contributed by atoms with Gasteiger partial charge in [0, 0.05) is 17.1 Å². The van der Waals surface area contributed by atoms with E-state index in [1.54, 1.807) is 0 Å². The van der Waals surface area contributed by atoms with Crippen molar-refractivity contribution in [3.05, 3.63) is 29.6 Å². The normalized spacial score (nSPS) is 10.7. The lowest BCUT2D eigenvalue weighted by atomic mass is 9.94. The van der Waals surface area contributed by atoms with Crippen molar-refractivity contribution in [1.29, 1.82) is 0 Å². The van der Waals surface area contributed by atoms with E-state index in [0.717, 1.165) is 0 Å². The summed E-state index contributed by atoms with van der Waals surface area (Å²) in [6.45, 7) is 0. The van der Waals surface area contributed by atoms with E-state index in [2.05, 4.69) is 14.7 Å². The molecule has 1 heterocycles.